The summed E-state index contributed by atoms with van der Waals surface area (Å²) < 4.78 is 1.26. The van der Waals surface area contributed by atoms with Crippen molar-refractivity contribution in [2.24, 2.45) is 5.92 Å². The van der Waals surface area contributed by atoms with Crippen molar-refractivity contribution >= 4 is 28.7 Å². The molecule has 1 aliphatic rings. The van der Waals surface area contributed by atoms with Gasteiger partial charge in [0.2, 0.25) is 0 Å². The topological polar surface area (TPSA) is 40.5 Å². The zero-order valence-corrected chi connectivity index (χ0v) is 11.8. The molecular formula is C13H16INO2. The first-order valence-electron chi connectivity index (χ1n) is 5.87. The second-order valence-corrected chi connectivity index (χ2v) is 5.79. The van der Waals surface area contributed by atoms with Crippen LogP contribution < -0.4 is 0 Å². The summed E-state index contributed by atoms with van der Waals surface area (Å²) in [5.41, 5.74) is 1.36. The molecule has 2 rings (SSSR count). The number of piperidine rings is 1. The summed E-state index contributed by atoms with van der Waals surface area (Å²) in [5.74, 6) is 0.630. The first-order valence-corrected chi connectivity index (χ1v) is 6.95. The summed E-state index contributed by atoms with van der Waals surface area (Å²) in [4.78, 5) is 12.3. The van der Waals surface area contributed by atoms with Gasteiger partial charge in [-0.15, -0.1) is 0 Å². The Morgan fingerprint density at radius 3 is 2.41 bits per heavy atom. The number of likely N-dealkylation sites (tertiary alicyclic amines) is 1. The van der Waals surface area contributed by atoms with E-state index in [4.69, 9.17) is 5.11 Å². The van der Waals surface area contributed by atoms with Gasteiger partial charge in [0.05, 0.1) is 0 Å². The van der Waals surface area contributed by atoms with Crippen LogP contribution in [0.2, 0.25) is 0 Å². The molecule has 0 bridgehead atoms. The monoisotopic (exact) mass is 345 g/mol. The van der Waals surface area contributed by atoms with Crippen LogP contribution in [0.5, 0.6) is 0 Å². The second-order valence-electron chi connectivity index (χ2n) is 4.54. The lowest BCUT2D eigenvalue weighted by atomic mass is 9.90. The van der Waals surface area contributed by atoms with Gasteiger partial charge < -0.3 is 10.0 Å². The lowest BCUT2D eigenvalue weighted by Gasteiger charge is -2.30. The molecule has 1 aromatic carbocycles. The van der Waals surface area contributed by atoms with Gasteiger partial charge in [-0.3, -0.25) is 0 Å². The molecule has 0 unspecified atom stereocenters. The van der Waals surface area contributed by atoms with E-state index in [1.54, 1.807) is 0 Å². The Labute approximate surface area is 115 Å². The van der Waals surface area contributed by atoms with E-state index < -0.39 is 6.09 Å². The van der Waals surface area contributed by atoms with Crippen molar-refractivity contribution in [2.75, 3.05) is 13.1 Å². The Morgan fingerprint density at radius 1 is 1.29 bits per heavy atom. The third-order valence-electron chi connectivity index (χ3n) is 3.32. The SMILES string of the molecule is O=C(O)N1CCC(Cc2ccc(I)cc2)CC1. The van der Waals surface area contributed by atoms with Crippen LogP contribution in [0.1, 0.15) is 18.4 Å². The highest BCUT2D eigenvalue weighted by atomic mass is 127. The Hall–Kier alpha value is -0.780. The van der Waals surface area contributed by atoms with Gasteiger partial charge in [-0.1, -0.05) is 12.1 Å². The molecule has 0 saturated carbocycles. The molecule has 0 aliphatic carbocycles. The van der Waals surface area contributed by atoms with Gasteiger partial charge in [0, 0.05) is 16.7 Å². The summed E-state index contributed by atoms with van der Waals surface area (Å²) in [6, 6.07) is 8.60. The molecule has 1 fully saturated rings. The third-order valence-corrected chi connectivity index (χ3v) is 4.04. The Kier molecular flexibility index (Phi) is 4.25. The van der Waals surface area contributed by atoms with Crippen molar-refractivity contribution in [1.82, 2.24) is 4.90 Å². The second kappa shape index (κ2) is 5.71. The highest BCUT2D eigenvalue weighted by molar-refractivity contribution is 14.1. The van der Waals surface area contributed by atoms with Crippen LogP contribution in [-0.4, -0.2) is 29.2 Å². The number of hydrogen-bond acceptors (Lipinski definition) is 1. The fourth-order valence-electron chi connectivity index (χ4n) is 2.28. The number of benzene rings is 1. The first kappa shape index (κ1) is 12.7. The Morgan fingerprint density at radius 2 is 1.88 bits per heavy atom. The summed E-state index contributed by atoms with van der Waals surface area (Å²) in [6.45, 7) is 1.37. The van der Waals surface area contributed by atoms with E-state index in [0.29, 0.717) is 19.0 Å². The quantitative estimate of drug-likeness (QED) is 0.836. The van der Waals surface area contributed by atoms with E-state index in [2.05, 4.69) is 46.9 Å². The molecular weight excluding hydrogens is 329 g/mol. The molecule has 1 heterocycles. The minimum Gasteiger partial charge on any atom is -0.465 e. The minimum absolute atomic E-state index is 0.630. The number of halogens is 1. The fourth-order valence-corrected chi connectivity index (χ4v) is 2.64. The summed E-state index contributed by atoms with van der Waals surface area (Å²) in [6.07, 6.45) is 2.26. The van der Waals surface area contributed by atoms with Crippen molar-refractivity contribution in [3.63, 3.8) is 0 Å². The number of rotatable bonds is 2. The van der Waals surface area contributed by atoms with Gasteiger partial charge >= 0.3 is 6.09 Å². The molecule has 92 valence electrons. The van der Waals surface area contributed by atoms with E-state index in [0.717, 1.165) is 19.3 Å². The van der Waals surface area contributed by atoms with Crippen LogP contribution in [0.15, 0.2) is 24.3 Å². The lowest BCUT2D eigenvalue weighted by molar-refractivity contribution is 0.124. The number of hydrogen-bond donors (Lipinski definition) is 1. The molecule has 0 radical (unpaired) electrons. The maximum absolute atomic E-state index is 10.8. The van der Waals surface area contributed by atoms with Crippen molar-refractivity contribution in [2.45, 2.75) is 19.3 Å². The largest absolute Gasteiger partial charge is 0.465 e. The van der Waals surface area contributed by atoms with E-state index in [9.17, 15) is 4.79 Å². The van der Waals surface area contributed by atoms with Gasteiger partial charge in [-0.05, 0) is 65.5 Å². The Balaban J connectivity index is 1.85. The van der Waals surface area contributed by atoms with E-state index >= 15 is 0 Å². The van der Waals surface area contributed by atoms with E-state index in [1.165, 1.54) is 14.0 Å². The number of carbonyl (C=O) groups is 1. The zero-order chi connectivity index (χ0) is 12.3. The number of carboxylic acid groups (broad SMARTS) is 1. The number of nitrogens with zero attached hydrogens (tertiary/aromatic N) is 1. The summed E-state index contributed by atoms with van der Waals surface area (Å²) in [7, 11) is 0. The average Bonchev–Trinajstić information content (AvgIpc) is 2.33. The van der Waals surface area contributed by atoms with Gasteiger partial charge in [-0.25, -0.2) is 4.79 Å². The lowest BCUT2D eigenvalue weighted by Crippen LogP contribution is -2.37. The molecule has 1 aromatic rings. The van der Waals surface area contributed by atoms with Crippen LogP contribution in [0.25, 0.3) is 0 Å². The molecule has 0 aromatic heterocycles. The molecule has 4 heteroatoms. The highest BCUT2D eigenvalue weighted by Gasteiger charge is 2.22. The maximum atomic E-state index is 10.8. The third kappa shape index (κ3) is 3.59. The van der Waals surface area contributed by atoms with Gasteiger partial charge in [0.15, 0.2) is 0 Å². The predicted octanol–water partition coefficient (Wildman–Crippen LogP) is 3.22. The summed E-state index contributed by atoms with van der Waals surface area (Å²) >= 11 is 2.31. The van der Waals surface area contributed by atoms with Gasteiger partial charge in [-0.2, -0.15) is 0 Å². The zero-order valence-electron chi connectivity index (χ0n) is 9.60. The normalized spacial score (nSPS) is 17.1. The van der Waals surface area contributed by atoms with Crippen molar-refractivity contribution < 1.29 is 9.90 Å². The maximum Gasteiger partial charge on any atom is 0.407 e. The molecule has 1 N–H and O–H groups in total. The van der Waals surface area contributed by atoms with Crippen LogP contribution in [0.3, 0.4) is 0 Å². The van der Waals surface area contributed by atoms with Gasteiger partial charge in [0.25, 0.3) is 0 Å². The van der Waals surface area contributed by atoms with Crippen LogP contribution in [-0.2, 0) is 6.42 Å². The van der Waals surface area contributed by atoms with Gasteiger partial charge in [0.1, 0.15) is 0 Å². The molecule has 1 saturated heterocycles. The van der Waals surface area contributed by atoms with Crippen LogP contribution in [0.4, 0.5) is 4.79 Å². The smallest absolute Gasteiger partial charge is 0.407 e. The van der Waals surface area contributed by atoms with Crippen molar-refractivity contribution in [1.29, 1.82) is 0 Å². The molecule has 1 aliphatic heterocycles. The standard InChI is InChI=1S/C13H16INO2/c14-12-3-1-10(2-4-12)9-11-5-7-15(8-6-11)13(16)17/h1-4,11H,5-9H2,(H,16,17). The first-order chi connectivity index (χ1) is 8.15. The van der Waals surface area contributed by atoms with Crippen molar-refractivity contribution in [3.8, 4) is 0 Å². The fraction of sp³-hybridized carbons (Fsp3) is 0.462. The summed E-state index contributed by atoms with van der Waals surface area (Å²) in [5, 5.41) is 8.87. The van der Waals surface area contributed by atoms with Crippen LogP contribution >= 0.6 is 22.6 Å². The predicted molar refractivity (Wildman–Crippen MR) is 75.2 cm³/mol. The Bertz CT molecular complexity index is 383. The number of amides is 1. The molecule has 17 heavy (non-hydrogen) atoms. The molecule has 0 atom stereocenters. The van der Waals surface area contributed by atoms with E-state index in [1.807, 2.05) is 0 Å². The van der Waals surface area contributed by atoms with E-state index in [-0.39, 0.29) is 0 Å². The van der Waals surface area contributed by atoms with Crippen molar-refractivity contribution in [3.05, 3.63) is 33.4 Å². The minimum atomic E-state index is -0.780. The molecule has 0 spiro atoms. The average molecular weight is 345 g/mol. The highest BCUT2D eigenvalue weighted by Crippen LogP contribution is 2.22. The molecule has 1 amide bonds. The van der Waals surface area contributed by atoms with Crippen LogP contribution in [0, 0.1) is 9.49 Å². The molecule has 3 nitrogen and oxygen atoms in total.